The largest absolute Gasteiger partial charge is 0.447 e. The number of hydrogen-bond donors (Lipinski definition) is 1. The molecule has 16 heavy (non-hydrogen) atoms. The van der Waals surface area contributed by atoms with Crippen LogP contribution in [-0.4, -0.2) is 4.98 Å². The van der Waals surface area contributed by atoms with Crippen molar-refractivity contribution in [2.24, 2.45) is 0 Å². The van der Waals surface area contributed by atoms with Gasteiger partial charge in [0, 0.05) is 0 Å². The minimum atomic E-state index is -0.429. The maximum Gasteiger partial charge on any atom is 0.180 e. The number of oxazole rings is 1. The molecule has 0 fully saturated rings. The quantitative estimate of drug-likeness (QED) is 0.856. The first-order valence-corrected chi connectivity index (χ1v) is 4.60. The molecule has 80 valence electrons. The molecule has 0 amide bonds. The minimum Gasteiger partial charge on any atom is -0.447 e. The van der Waals surface area contributed by atoms with Crippen molar-refractivity contribution in [1.82, 2.24) is 4.98 Å². The van der Waals surface area contributed by atoms with Crippen LogP contribution in [0, 0.1) is 17.1 Å². The van der Waals surface area contributed by atoms with Gasteiger partial charge in [-0.15, -0.1) is 0 Å². The summed E-state index contributed by atoms with van der Waals surface area (Å²) in [5.41, 5.74) is 0.833. The van der Waals surface area contributed by atoms with Gasteiger partial charge in [-0.1, -0.05) is 0 Å². The number of benzene rings is 1. The van der Waals surface area contributed by atoms with Gasteiger partial charge < -0.3 is 9.73 Å². The number of anilines is 1. The highest BCUT2D eigenvalue weighted by atomic mass is 19.1. The molecule has 1 aromatic heterocycles. The van der Waals surface area contributed by atoms with E-state index in [4.69, 9.17) is 9.68 Å². The minimum absolute atomic E-state index is 0.263. The monoisotopic (exact) mass is 217 g/mol. The Morgan fingerprint density at radius 2 is 2.38 bits per heavy atom. The lowest BCUT2D eigenvalue weighted by Crippen LogP contribution is -2.00. The average Bonchev–Trinajstić information content (AvgIpc) is 2.80. The van der Waals surface area contributed by atoms with Gasteiger partial charge in [0.1, 0.15) is 17.6 Å². The van der Waals surface area contributed by atoms with E-state index in [2.05, 4.69) is 10.3 Å². The van der Waals surface area contributed by atoms with Crippen molar-refractivity contribution in [3.05, 3.63) is 47.9 Å². The van der Waals surface area contributed by atoms with Crippen LogP contribution in [0.3, 0.4) is 0 Å². The van der Waals surface area contributed by atoms with Crippen molar-refractivity contribution in [3.8, 4) is 6.07 Å². The van der Waals surface area contributed by atoms with Gasteiger partial charge in [0.05, 0.1) is 24.0 Å². The molecule has 0 aliphatic heterocycles. The highest BCUT2D eigenvalue weighted by Gasteiger charge is 2.04. The molecule has 0 radical (unpaired) electrons. The second kappa shape index (κ2) is 4.45. The van der Waals surface area contributed by atoms with Crippen LogP contribution in [0.1, 0.15) is 11.3 Å². The lowest BCUT2D eigenvalue weighted by atomic mass is 10.2. The number of nitrogens with one attached hydrogen (secondary N) is 1. The summed E-state index contributed by atoms with van der Waals surface area (Å²) in [5, 5.41) is 11.8. The molecule has 1 N–H and O–H groups in total. The zero-order valence-corrected chi connectivity index (χ0v) is 8.27. The maximum absolute atomic E-state index is 12.8. The lowest BCUT2D eigenvalue weighted by molar-refractivity contribution is 0.511. The summed E-state index contributed by atoms with van der Waals surface area (Å²) >= 11 is 0. The van der Waals surface area contributed by atoms with Gasteiger partial charge in [-0.3, -0.25) is 0 Å². The molecule has 5 heteroatoms. The van der Waals surface area contributed by atoms with E-state index in [1.54, 1.807) is 6.20 Å². The van der Waals surface area contributed by atoms with Gasteiger partial charge in [-0.2, -0.15) is 5.26 Å². The van der Waals surface area contributed by atoms with E-state index in [-0.39, 0.29) is 5.56 Å². The predicted molar refractivity (Wildman–Crippen MR) is 54.9 cm³/mol. The van der Waals surface area contributed by atoms with E-state index >= 15 is 0 Å². The number of nitriles is 1. The number of rotatable bonds is 3. The van der Waals surface area contributed by atoms with E-state index in [9.17, 15) is 4.39 Å². The van der Waals surface area contributed by atoms with Crippen molar-refractivity contribution in [3.63, 3.8) is 0 Å². The molecule has 0 aliphatic rings. The zero-order chi connectivity index (χ0) is 11.4. The number of halogens is 1. The van der Waals surface area contributed by atoms with E-state index in [1.807, 2.05) is 6.07 Å². The highest BCUT2D eigenvalue weighted by Crippen LogP contribution is 2.16. The lowest BCUT2D eigenvalue weighted by Gasteiger charge is -2.05. The van der Waals surface area contributed by atoms with E-state index in [0.29, 0.717) is 18.0 Å². The standard InChI is InChI=1S/C11H8FN3O/c12-9-1-2-11(8(3-9)4-13)15-6-10-5-14-7-16-10/h1-3,5,7,15H,6H2. The van der Waals surface area contributed by atoms with Crippen LogP contribution in [-0.2, 0) is 6.54 Å². The molecule has 2 rings (SSSR count). The van der Waals surface area contributed by atoms with Gasteiger partial charge in [-0.05, 0) is 18.2 Å². The summed E-state index contributed by atoms with van der Waals surface area (Å²) in [6.07, 6.45) is 2.90. The topological polar surface area (TPSA) is 61.9 Å². The molecule has 0 unspecified atom stereocenters. The summed E-state index contributed by atoms with van der Waals surface area (Å²) in [7, 11) is 0. The predicted octanol–water partition coefficient (Wildman–Crippen LogP) is 2.30. The molecule has 1 heterocycles. The summed E-state index contributed by atoms with van der Waals surface area (Å²) in [6, 6.07) is 5.91. The third-order valence-corrected chi connectivity index (χ3v) is 2.04. The Kier molecular flexibility index (Phi) is 2.83. The second-order valence-corrected chi connectivity index (χ2v) is 3.12. The molecule has 0 saturated heterocycles. The Morgan fingerprint density at radius 1 is 1.50 bits per heavy atom. The molecule has 0 atom stereocenters. The van der Waals surface area contributed by atoms with Crippen molar-refractivity contribution in [2.45, 2.75) is 6.54 Å². The Morgan fingerprint density at radius 3 is 3.06 bits per heavy atom. The first-order valence-electron chi connectivity index (χ1n) is 4.60. The van der Waals surface area contributed by atoms with Crippen LogP contribution in [0.2, 0.25) is 0 Å². The number of aromatic nitrogens is 1. The van der Waals surface area contributed by atoms with Gasteiger partial charge in [0.25, 0.3) is 0 Å². The third-order valence-electron chi connectivity index (χ3n) is 2.04. The van der Waals surface area contributed by atoms with E-state index in [1.165, 1.54) is 24.6 Å². The van der Waals surface area contributed by atoms with Gasteiger partial charge in [-0.25, -0.2) is 9.37 Å². The Hall–Kier alpha value is -2.35. The fourth-order valence-electron chi connectivity index (χ4n) is 1.27. The third kappa shape index (κ3) is 2.17. The van der Waals surface area contributed by atoms with Crippen molar-refractivity contribution < 1.29 is 8.81 Å². The normalized spacial score (nSPS) is 9.75. The molecular formula is C11H8FN3O. The fraction of sp³-hybridized carbons (Fsp3) is 0.0909. The Balaban J connectivity index is 2.13. The van der Waals surface area contributed by atoms with Crippen LogP contribution in [0.15, 0.2) is 35.2 Å². The van der Waals surface area contributed by atoms with E-state index in [0.717, 1.165) is 0 Å². The maximum atomic E-state index is 12.8. The van der Waals surface area contributed by atoms with Crippen LogP contribution in [0.5, 0.6) is 0 Å². The van der Waals surface area contributed by atoms with Gasteiger partial charge >= 0.3 is 0 Å². The van der Waals surface area contributed by atoms with Crippen molar-refractivity contribution in [2.75, 3.05) is 5.32 Å². The molecule has 0 bridgehead atoms. The summed E-state index contributed by atoms with van der Waals surface area (Å²) in [4.78, 5) is 3.76. The zero-order valence-electron chi connectivity index (χ0n) is 8.27. The number of hydrogen-bond acceptors (Lipinski definition) is 4. The Bertz CT molecular complexity index is 517. The highest BCUT2D eigenvalue weighted by molar-refractivity contribution is 5.57. The first-order chi connectivity index (χ1) is 7.79. The molecule has 0 aliphatic carbocycles. The van der Waals surface area contributed by atoms with Gasteiger partial charge in [0.15, 0.2) is 6.39 Å². The smallest absolute Gasteiger partial charge is 0.180 e. The average molecular weight is 217 g/mol. The summed E-state index contributed by atoms with van der Waals surface area (Å²) in [5.74, 6) is 0.218. The van der Waals surface area contributed by atoms with Crippen LogP contribution < -0.4 is 5.32 Å². The molecule has 0 spiro atoms. The molecule has 0 saturated carbocycles. The molecular weight excluding hydrogens is 209 g/mol. The SMILES string of the molecule is N#Cc1cc(F)ccc1NCc1cnco1. The Labute approximate surface area is 91.3 Å². The summed E-state index contributed by atoms with van der Waals surface area (Å²) < 4.78 is 17.9. The second-order valence-electron chi connectivity index (χ2n) is 3.12. The molecule has 4 nitrogen and oxygen atoms in total. The van der Waals surface area contributed by atoms with Crippen molar-refractivity contribution in [1.29, 1.82) is 5.26 Å². The number of nitrogens with zero attached hydrogens (tertiary/aromatic N) is 2. The summed E-state index contributed by atoms with van der Waals surface area (Å²) in [6.45, 7) is 0.403. The van der Waals surface area contributed by atoms with E-state index < -0.39 is 5.82 Å². The first kappa shape index (κ1) is 10.2. The molecule has 1 aromatic carbocycles. The van der Waals surface area contributed by atoms with Crippen LogP contribution in [0.25, 0.3) is 0 Å². The fourth-order valence-corrected chi connectivity index (χ4v) is 1.27. The van der Waals surface area contributed by atoms with Gasteiger partial charge in [0.2, 0.25) is 0 Å². The van der Waals surface area contributed by atoms with Crippen LogP contribution >= 0.6 is 0 Å². The van der Waals surface area contributed by atoms with Crippen LogP contribution in [0.4, 0.5) is 10.1 Å². The molecule has 2 aromatic rings. The van der Waals surface area contributed by atoms with Crippen molar-refractivity contribution >= 4 is 5.69 Å².